The largest absolute Gasteiger partial charge is 0.427 e. The summed E-state index contributed by atoms with van der Waals surface area (Å²) in [5.41, 5.74) is 1.99. The maximum absolute atomic E-state index is 11.1. The van der Waals surface area contributed by atoms with Crippen LogP contribution < -0.4 is 15.0 Å². The zero-order chi connectivity index (χ0) is 19.5. The third-order valence-electron chi connectivity index (χ3n) is 4.64. The van der Waals surface area contributed by atoms with E-state index in [4.69, 9.17) is 4.74 Å². The third kappa shape index (κ3) is 3.72. The Morgan fingerprint density at radius 3 is 3.14 bits per heavy atom. The molecule has 10 heteroatoms. The lowest BCUT2D eigenvalue weighted by atomic mass is 10.2. The van der Waals surface area contributed by atoms with Gasteiger partial charge < -0.3 is 20.1 Å². The second kappa shape index (κ2) is 7.77. The van der Waals surface area contributed by atoms with Crippen LogP contribution in [-0.4, -0.2) is 55.6 Å². The quantitative estimate of drug-likeness (QED) is 0.425. The third-order valence-corrected chi connectivity index (χ3v) is 4.64. The van der Waals surface area contributed by atoms with Crippen molar-refractivity contribution in [2.45, 2.75) is 32.4 Å². The minimum absolute atomic E-state index is 0.0154. The van der Waals surface area contributed by atoms with Crippen LogP contribution in [0.25, 0.3) is 11.2 Å². The average Bonchev–Trinajstić information content (AvgIpc) is 3.34. The molecule has 0 bridgehead atoms. The number of aromatic nitrogens is 5. The van der Waals surface area contributed by atoms with Gasteiger partial charge in [-0.3, -0.25) is 4.79 Å². The van der Waals surface area contributed by atoms with Crippen molar-refractivity contribution in [3.63, 3.8) is 0 Å². The molecule has 1 atom stereocenters. The second-order valence-corrected chi connectivity index (χ2v) is 6.65. The van der Waals surface area contributed by atoms with E-state index < -0.39 is 0 Å². The number of rotatable bonds is 6. The number of nitrogens with zero attached hydrogens (tertiary/aromatic N) is 5. The Hall–Kier alpha value is -3.27. The normalized spacial score (nSPS) is 16.5. The highest BCUT2D eigenvalue weighted by Gasteiger charge is 2.27. The summed E-state index contributed by atoms with van der Waals surface area (Å²) in [5, 5.41) is 23.5. The predicted octanol–water partition coefficient (Wildman–Crippen LogP) is 1.25. The zero-order valence-electron chi connectivity index (χ0n) is 15.4. The Balaban J connectivity index is 1.58. The molecular formula is C18H21N7O3. The number of carbonyl (C=O) groups excluding carboxylic acids is 1. The first-order chi connectivity index (χ1) is 13.6. The van der Waals surface area contributed by atoms with Crippen molar-refractivity contribution in [2.24, 2.45) is 0 Å². The summed E-state index contributed by atoms with van der Waals surface area (Å²) >= 11 is 0. The van der Waals surface area contributed by atoms with Crippen molar-refractivity contribution in [1.82, 2.24) is 25.4 Å². The molecule has 146 valence electrons. The number of esters is 1. The lowest BCUT2D eigenvalue weighted by Gasteiger charge is -2.23. The summed E-state index contributed by atoms with van der Waals surface area (Å²) in [6.45, 7) is 2.68. The van der Waals surface area contributed by atoms with Crippen molar-refractivity contribution >= 4 is 28.9 Å². The number of H-pyrrole nitrogens is 1. The first kappa shape index (κ1) is 18.1. The number of ether oxygens (including phenoxy) is 1. The van der Waals surface area contributed by atoms with Gasteiger partial charge in [-0.2, -0.15) is 9.97 Å². The van der Waals surface area contributed by atoms with Crippen LogP contribution in [0.1, 0.15) is 25.3 Å². The van der Waals surface area contributed by atoms with Crippen LogP contribution in [0.2, 0.25) is 0 Å². The molecule has 1 saturated heterocycles. The molecule has 3 heterocycles. The van der Waals surface area contributed by atoms with Crippen LogP contribution in [0.4, 0.5) is 11.8 Å². The minimum Gasteiger partial charge on any atom is -0.427 e. The number of benzene rings is 1. The fraction of sp³-hybridized carbons (Fsp3) is 0.389. The first-order valence-corrected chi connectivity index (χ1v) is 9.11. The van der Waals surface area contributed by atoms with Gasteiger partial charge in [-0.15, -0.1) is 5.10 Å². The molecule has 1 fully saturated rings. The van der Waals surface area contributed by atoms with Crippen LogP contribution in [0, 0.1) is 0 Å². The average molecular weight is 383 g/mol. The highest BCUT2D eigenvalue weighted by Crippen LogP contribution is 2.26. The summed E-state index contributed by atoms with van der Waals surface area (Å²) in [6, 6.07) is 7.28. The summed E-state index contributed by atoms with van der Waals surface area (Å²) in [6.07, 6.45) is 1.89. The number of aliphatic hydroxyl groups excluding tert-OH is 1. The molecule has 0 aliphatic carbocycles. The van der Waals surface area contributed by atoms with E-state index in [9.17, 15) is 9.90 Å². The molecule has 0 radical (unpaired) electrons. The number of aliphatic hydroxyl groups is 1. The summed E-state index contributed by atoms with van der Waals surface area (Å²) in [4.78, 5) is 22.3. The van der Waals surface area contributed by atoms with Crippen LogP contribution in [-0.2, 0) is 11.3 Å². The molecule has 3 N–H and O–H groups in total. The fourth-order valence-corrected chi connectivity index (χ4v) is 3.35. The van der Waals surface area contributed by atoms with E-state index in [1.807, 2.05) is 17.0 Å². The van der Waals surface area contributed by atoms with E-state index in [1.54, 1.807) is 12.1 Å². The predicted molar refractivity (Wildman–Crippen MR) is 102 cm³/mol. The van der Waals surface area contributed by atoms with Gasteiger partial charge in [-0.25, -0.2) is 5.10 Å². The lowest BCUT2D eigenvalue weighted by molar-refractivity contribution is -0.131. The Morgan fingerprint density at radius 1 is 1.43 bits per heavy atom. The van der Waals surface area contributed by atoms with Gasteiger partial charge in [-0.1, -0.05) is 17.3 Å². The molecule has 4 rings (SSSR count). The Kier molecular flexibility index (Phi) is 5.02. The second-order valence-electron chi connectivity index (χ2n) is 6.65. The summed E-state index contributed by atoms with van der Waals surface area (Å²) in [5.74, 6) is 1.21. The molecule has 1 aromatic carbocycles. The highest BCUT2D eigenvalue weighted by atomic mass is 16.5. The summed E-state index contributed by atoms with van der Waals surface area (Å²) < 4.78 is 5.13. The number of hydrogen-bond donors (Lipinski definition) is 3. The number of anilines is 2. The molecule has 28 heavy (non-hydrogen) atoms. The summed E-state index contributed by atoms with van der Waals surface area (Å²) in [7, 11) is 0. The van der Waals surface area contributed by atoms with E-state index >= 15 is 0 Å². The van der Waals surface area contributed by atoms with Crippen molar-refractivity contribution < 1.29 is 14.6 Å². The van der Waals surface area contributed by atoms with Gasteiger partial charge in [0.2, 0.25) is 5.95 Å². The fourth-order valence-electron chi connectivity index (χ4n) is 3.35. The van der Waals surface area contributed by atoms with Gasteiger partial charge in [0.05, 0.1) is 12.6 Å². The van der Waals surface area contributed by atoms with Gasteiger partial charge in [0.1, 0.15) is 5.75 Å². The molecule has 0 saturated carbocycles. The van der Waals surface area contributed by atoms with Crippen LogP contribution in [0.5, 0.6) is 5.75 Å². The highest BCUT2D eigenvalue weighted by molar-refractivity contribution is 5.83. The molecule has 2 aromatic heterocycles. The van der Waals surface area contributed by atoms with Gasteiger partial charge in [-0.05, 0) is 30.5 Å². The van der Waals surface area contributed by atoms with E-state index in [-0.39, 0.29) is 18.6 Å². The van der Waals surface area contributed by atoms with Crippen molar-refractivity contribution in [3.8, 4) is 5.75 Å². The van der Waals surface area contributed by atoms with Gasteiger partial charge in [0, 0.05) is 20.0 Å². The maximum atomic E-state index is 11.1. The molecule has 1 aliphatic heterocycles. The number of nitrogens with one attached hydrogen (secondary N) is 2. The zero-order valence-corrected chi connectivity index (χ0v) is 15.4. The minimum atomic E-state index is -0.362. The van der Waals surface area contributed by atoms with Crippen LogP contribution in [0.15, 0.2) is 24.3 Å². The molecular weight excluding hydrogens is 362 g/mol. The SMILES string of the molecule is CC(=O)Oc1cccc(CNc2nc(N3CCC[C@@H]3CO)nc3[nH]nnc23)c1. The molecule has 0 unspecified atom stereocenters. The Bertz CT molecular complexity index is 990. The molecule has 10 nitrogen and oxygen atoms in total. The van der Waals surface area contributed by atoms with Crippen LogP contribution >= 0.6 is 0 Å². The number of aromatic amines is 1. The molecule has 0 spiro atoms. The lowest BCUT2D eigenvalue weighted by Crippen LogP contribution is -2.33. The van der Waals surface area contributed by atoms with E-state index in [2.05, 4.69) is 30.7 Å². The standard InChI is InChI=1S/C18H21N7O3/c1-11(27)28-14-6-2-4-12(8-14)9-19-16-15-17(23-24-22-15)21-18(20-16)25-7-3-5-13(25)10-26/h2,4,6,8,13,26H,3,5,7,9-10H2,1H3,(H2,19,20,21,22,23,24)/t13-/m1/s1. The van der Waals surface area contributed by atoms with Gasteiger partial charge in [0.15, 0.2) is 17.0 Å². The molecule has 1 aliphatic rings. The number of carbonyl (C=O) groups is 1. The molecule has 3 aromatic rings. The Labute approximate surface area is 160 Å². The monoisotopic (exact) mass is 383 g/mol. The number of hydrogen-bond acceptors (Lipinski definition) is 9. The van der Waals surface area contributed by atoms with Gasteiger partial charge in [0.25, 0.3) is 0 Å². The number of fused-ring (bicyclic) bond motifs is 1. The Morgan fingerprint density at radius 2 is 2.32 bits per heavy atom. The van der Waals surface area contributed by atoms with Crippen molar-refractivity contribution in [2.75, 3.05) is 23.4 Å². The van der Waals surface area contributed by atoms with E-state index in [0.29, 0.717) is 35.2 Å². The van der Waals surface area contributed by atoms with Crippen LogP contribution in [0.3, 0.4) is 0 Å². The van der Waals surface area contributed by atoms with Crippen molar-refractivity contribution in [3.05, 3.63) is 29.8 Å². The van der Waals surface area contributed by atoms with Gasteiger partial charge >= 0.3 is 5.97 Å². The smallest absolute Gasteiger partial charge is 0.308 e. The topological polar surface area (TPSA) is 129 Å². The van der Waals surface area contributed by atoms with Crippen molar-refractivity contribution in [1.29, 1.82) is 0 Å². The molecule has 0 amide bonds. The van der Waals surface area contributed by atoms with E-state index in [1.165, 1.54) is 6.92 Å². The first-order valence-electron chi connectivity index (χ1n) is 9.11. The maximum Gasteiger partial charge on any atom is 0.308 e. The van der Waals surface area contributed by atoms with E-state index in [0.717, 1.165) is 24.9 Å².